The SMILES string of the molecule is CCCC(CNC(=O)c1ccc(OC2CCCC2)nc1)C(=O)O. The van der Waals surface area contributed by atoms with Gasteiger partial charge in [0.1, 0.15) is 6.10 Å². The van der Waals surface area contributed by atoms with E-state index in [1.54, 1.807) is 12.1 Å². The molecule has 1 heterocycles. The summed E-state index contributed by atoms with van der Waals surface area (Å²) >= 11 is 0. The maximum absolute atomic E-state index is 12.0. The number of carbonyl (C=O) groups is 2. The topological polar surface area (TPSA) is 88.5 Å². The van der Waals surface area contributed by atoms with Gasteiger partial charge in [-0.1, -0.05) is 13.3 Å². The van der Waals surface area contributed by atoms with Gasteiger partial charge < -0.3 is 15.2 Å². The zero-order chi connectivity index (χ0) is 16.7. The Morgan fingerprint density at radius 3 is 2.70 bits per heavy atom. The van der Waals surface area contributed by atoms with E-state index in [4.69, 9.17) is 9.84 Å². The largest absolute Gasteiger partial charge is 0.481 e. The first-order valence-corrected chi connectivity index (χ1v) is 8.24. The summed E-state index contributed by atoms with van der Waals surface area (Å²) in [4.78, 5) is 27.3. The summed E-state index contributed by atoms with van der Waals surface area (Å²) in [6, 6.07) is 3.34. The summed E-state index contributed by atoms with van der Waals surface area (Å²) < 4.78 is 5.75. The maximum atomic E-state index is 12.0. The Bertz CT molecular complexity index is 524. The number of rotatable bonds is 8. The van der Waals surface area contributed by atoms with Crippen LogP contribution < -0.4 is 10.1 Å². The highest BCUT2D eigenvalue weighted by Gasteiger charge is 2.19. The Hall–Kier alpha value is -2.11. The summed E-state index contributed by atoms with van der Waals surface area (Å²) in [5.41, 5.74) is 0.407. The van der Waals surface area contributed by atoms with Crippen molar-refractivity contribution in [2.45, 2.75) is 51.6 Å². The van der Waals surface area contributed by atoms with Crippen molar-refractivity contribution in [1.29, 1.82) is 0 Å². The minimum absolute atomic E-state index is 0.127. The fourth-order valence-corrected chi connectivity index (χ4v) is 2.74. The summed E-state index contributed by atoms with van der Waals surface area (Å²) in [6.45, 7) is 2.05. The van der Waals surface area contributed by atoms with Crippen LogP contribution in [0.5, 0.6) is 5.88 Å². The smallest absolute Gasteiger partial charge is 0.308 e. The standard InChI is InChI=1S/C17H24N2O4/c1-2-5-13(17(21)22)11-19-16(20)12-8-9-15(18-10-12)23-14-6-3-4-7-14/h8-10,13-14H,2-7,11H2,1H3,(H,19,20)(H,21,22). The first-order valence-electron chi connectivity index (χ1n) is 8.24. The predicted molar refractivity (Wildman–Crippen MR) is 85.5 cm³/mol. The predicted octanol–water partition coefficient (Wildman–Crippen LogP) is 2.63. The van der Waals surface area contributed by atoms with Crippen molar-refractivity contribution >= 4 is 11.9 Å². The second kappa shape index (κ2) is 8.50. The van der Waals surface area contributed by atoms with Crippen LogP contribution in [0.4, 0.5) is 0 Å². The van der Waals surface area contributed by atoms with E-state index in [1.807, 2.05) is 6.92 Å². The zero-order valence-corrected chi connectivity index (χ0v) is 13.5. The molecular formula is C17H24N2O4. The highest BCUT2D eigenvalue weighted by atomic mass is 16.5. The molecule has 0 aromatic carbocycles. The van der Waals surface area contributed by atoms with E-state index >= 15 is 0 Å². The highest BCUT2D eigenvalue weighted by Crippen LogP contribution is 2.22. The fraction of sp³-hybridized carbons (Fsp3) is 0.588. The van der Waals surface area contributed by atoms with Crippen LogP contribution in [-0.4, -0.2) is 34.6 Å². The van der Waals surface area contributed by atoms with Crippen molar-refractivity contribution in [3.63, 3.8) is 0 Å². The molecule has 23 heavy (non-hydrogen) atoms. The average Bonchev–Trinajstić information content (AvgIpc) is 3.04. The number of amides is 1. The fourth-order valence-electron chi connectivity index (χ4n) is 2.74. The van der Waals surface area contributed by atoms with Crippen LogP contribution in [0.25, 0.3) is 0 Å². The molecule has 126 valence electrons. The van der Waals surface area contributed by atoms with Gasteiger partial charge in [-0.3, -0.25) is 9.59 Å². The Balaban J connectivity index is 1.85. The van der Waals surface area contributed by atoms with Crippen molar-refractivity contribution < 1.29 is 19.4 Å². The molecule has 0 radical (unpaired) electrons. The molecule has 1 aromatic rings. The maximum Gasteiger partial charge on any atom is 0.308 e. The molecule has 1 unspecified atom stereocenters. The van der Waals surface area contributed by atoms with Crippen molar-refractivity contribution in [2.75, 3.05) is 6.54 Å². The zero-order valence-electron chi connectivity index (χ0n) is 13.5. The third-order valence-corrected chi connectivity index (χ3v) is 4.08. The number of hydrogen-bond acceptors (Lipinski definition) is 4. The number of aromatic nitrogens is 1. The van der Waals surface area contributed by atoms with Gasteiger partial charge in [0.05, 0.1) is 11.5 Å². The lowest BCUT2D eigenvalue weighted by atomic mass is 10.0. The minimum Gasteiger partial charge on any atom is -0.481 e. The van der Waals surface area contributed by atoms with Crippen molar-refractivity contribution in [2.24, 2.45) is 5.92 Å². The molecule has 6 nitrogen and oxygen atoms in total. The Labute approximate surface area is 136 Å². The van der Waals surface area contributed by atoms with E-state index < -0.39 is 11.9 Å². The lowest BCUT2D eigenvalue weighted by Crippen LogP contribution is -2.33. The quantitative estimate of drug-likeness (QED) is 0.768. The molecule has 2 N–H and O–H groups in total. The van der Waals surface area contributed by atoms with Crippen LogP contribution in [0.1, 0.15) is 55.8 Å². The molecule has 1 amide bonds. The molecule has 0 bridgehead atoms. The van der Waals surface area contributed by atoms with E-state index in [1.165, 1.54) is 19.0 Å². The summed E-state index contributed by atoms with van der Waals surface area (Å²) in [6.07, 6.45) is 7.49. The number of carboxylic acids is 1. The Morgan fingerprint density at radius 1 is 1.39 bits per heavy atom. The van der Waals surface area contributed by atoms with Crippen LogP contribution >= 0.6 is 0 Å². The van der Waals surface area contributed by atoms with Crippen molar-refractivity contribution in [3.05, 3.63) is 23.9 Å². The van der Waals surface area contributed by atoms with Crippen molar-refractivity contribution in [1.82, 2.24) is 10.3 Å². The van der Waals surface area contributed by atoms with E-state index in [0.29, 0.717) is 17.9 Å². The molecule has 1 atom stereocenters. The van der Waals surface area contributed by atoms with Crippen molar-refractivity contribution in [3.8, 4) is 5.88 Å². The van der Waals surface area contributed by atoms with Gasteiger partial charge in [-0.2, -0.15) is 0 Å². The number of hydrogen-bond donors (Lipinski definition) is 2. The van der Waals surface area contributed by atoms with Crippen LogP contribution in [0.15, 0.2) is 18.3 Å². The van der Waals surface area contributed by atoms with Gasteiger partial charge in [-0.25, -0.2) is 4.98 Å². The third kappa shape index (κ3) is 5.23. The summed E-state index contributed by atoms with van der Waals surface area (Å²) in [5.74, 6) is -1.22. The van der Waals surface area contributed by atoms with Gasteiger partial charge in [0.15, 0.2) is 0 Å². The summed E-state index contributed by atoms with van der Waals surface area (Å²) in [7, 11) is 0. The molecule has 2 rings (SSSR count). The molecule has 6 heteroatoms. The molecule has 0 spiro atoms. The number of pyridine rings is 1. The van der Waals surface area contributed by atoms with Crippen LogP contribution in [0.2, 0.25) is 0 Å². The van der Waals surface area contributed by atoms with E-state index in [0.717, 1.165) is 19.3 Å². The highest BCUT2D eigenvalue weighted by molar-refractivity contribution is 5.94. The second-order valence-electron chi connectivity index (χ2n) is 5.94. The minimum atomic E-state index is -0.884. The summed E-state index contributed by atoms with van der Waals surface area (Å²) in [5, 5.41) is 11.7. The number of carboxylic acid groups (broad SMARTS) is 1. The molecular weight excluding hydrogens is 296 g/mol. The van der Waals surface area contributed by atoms with E-state index in [9.17, 15) is 9.59 Å². The average molecular weight is 320 g/mol. The molecule has 1 aliphatic carbocycles. The Morgan fingerprint density at radius 2 is 2.13 bits per heavy atom. The first kappa shape index (κ1) is 17.2. The monoisotopic (exact) mass is 320 g/mol. The Kier molecular flexibility index (Phi) is 6.38. The lowest BCUT2D eigenvalue weighted by Gasteiger charge is -2.13. The number of ether oxygens (including phenoxy) is 1. The number of carbonyl (C=O) groups excluding carboxylic acids is 1. The normalized spacial score (nSPS) is 16.0. The number of nitrogens with one attached hydrogen (secondary N) is 1. The molecule has 1 saturated carbocycles. The molecule has 1 aromatic heterocycles. The third-order valence-electron chi connectivity index (χ3n) is 4.08. The van der Waals surface area contributed by atoms with E-state index in [-0.39, 0.29) is 18.6 Å². The van der Waals surface area contributed by atoms with Gasteiger partial charge >= 0.3 is 5.97 Å². The van der Waals surface area contributed by atoms with Gasteiger partial charge in [0.2, 0.25) is 5.88 Å². The van der Waals surface area contributed by atoms with Gasteiger partial charge in [0.25, 0.3) is 5.91 Å². The van der Waals surface area contributed by atoms with Crippen LogP contribution in [0, 0.1) is 5.92 Å². The molecule has 1 aliphatic rings. The van der Waals surface area contributed by atoms with Gasteiger partial charge in [0, 0.05) is 18.8 Å². The molecule has 0 aliphatic heterocycles. The van der Waals surface area contributed by atoms with Crippen LogP contribution in [-0.2, 0) is 4.79 Å². The number of nitrogens with zero attached hydrogens (tertiary/aromatic N) is 1. The molecule has 0 saturated heterocycles. The van der Waals surface area contributed by atoms with Gasteiger partial charge in [-0.15, -0.1) is 0 Å². The second-order valence-corrected chi connectivity index (χ2v) is 5.94. The molecule has 1 fully saturated rings. The lowest BCUT2D eigenvalue weighted by molar-refractivity contribution is -0.141. The van der Waals surface area contributed by atoms with Gasteiger partial charge in [-0.05, 0) is 38.2 Å². The van der Waals surface area contributed by atoms with E-state index in [2.05, 4.69) is 10.3 Å². The van der Waals surface area contributed by atoms with Crippen LogP contribution in [0.3, 0.4) is 0 Å². The number of aliphatic carboxylic acids is 1. The first-order chi connectivity index (χ1) is 11.1.